The molecule has 0 saturated carbocycles. The molecule has 0 bridgehead atoms. The molecule has 0 radical (unpaired) electrons. The zero-order valence-electron chi connectivity index (χ0n) is 10.5. The quantitative estimate of drug-likeness (QED) is 0.706. The van der Waals surface area contributed by atoms with E-state index in [1.165, 1.54) is 6.33 Å². The van der Waals surface area contributed by atoms with Crippen molar-refractivity contribution in [2.24, 2.45) is 0 Å². The van der Waals surface area contributed by atoms with Gasteiger partial charge in [0.15, 0.2) is 11.4 Å². The first-order valence-corrected chi connectivity index (χ1v) is 6.01. The lowest BCUT2D eigenvalue weighted by Crippen LogP contribution is -2.02. The minimum absolute atomic E-state index is 0.158. The summed E-state index contributed by atoms with van der Waals surface area (Å²) in [6.45, 7) is 0.487. The van der Waals surface area contributed by atoms with Crippen LogP contribution >= 0.6 is 0 Å². The van der Waals surface area contributed by atoms with E-state index in [-0.39, 0.29) is 11.4 Å². The van der Waals surface area contributed by atoms with Crippen molar-refractivity contribution in [3.63, 3.8) is 0 Å². The third-order valence-electron chi connectivity index (χ3n) is 3.13. The van der Waals surface area contributed by atoms with Gasteiger partial charge in [0.2, 0.25) is 0 Å². The average Bonchev–Trinajstić information content (AvgIpc) is 2.89. The van der Waals surface area contributed by atoms with Crippen molar-refractivity contribution in [2.45, 2.75) is 6.54 Å². The van der Waals surface area contributed by atoms with E-state index in [2.05, 4.69) is 9.97 Å². The SMILES string of the molecule is N#Cc1ncn(Cc2ccnc3ccccc23)c1C#N. The molecule has 3 aromatic rings. The number of hydrogen-bond donors (Lipinski definition) is 0. The van der Waals surface area contributed by atoms with Crippen LogP contribution < -0.4 is 0 Å². The van der Waals surface area contributed by atoms with E-state index in [4.69, 9.17) is 10.5 Å². The first kappa shape index (κ1) is 11.9. The molecule has 0 amide bonds. The summed E-state index contributed by atoms with van der Waals surface area (Å²) in [4.78, 5) is 8.25. The zero-order chi connectivity index (χ0) is 13.9. The molecule has 94 valence electrons. The fourth-order valence-corrected chi connectivity index (χ4v) is 2.18. The van der Waals surface area contributed by atoms with E-state index < -0.39 is 0 Å². The summed E-state index contributed by atoms with van der Waals surface area (Å²) in [5.41, 5.74) is 2.39. The van der Waals surface area contributed by atoms with Crippen molar-refractivity contribution < 1.29 is 0 Å². The summed E-state index contributed by atoms with van der Waals surface area (Å²) in [5, 5.41) is 19.1. The molecule has 0 unspecified atom stereocenters. The highest BCUT2D eigenvalue weighted by molar-refractivity contribution is 5.81. The van der Waals surface area contributed by atoms with Gasteiger partial charge in [0.25, 0.3) is 0 Å². The summed E-state index contributed by atoms with van der Waals surface area (Å²) in [6, 6.07) is 13.7. The summed E-state index contributed by atoms with van der Waals surface area (Å²) in [5.74, 6) is 0. The highest BCUT2D eigenvalue weighted by Gasteiger charge is 2.11. The highest BCUT2D eigenvalue weighted by Crippen LogP contribution is 2.18. The van der Waals surface area contributed by atoms with E-state index in [0.29, 0.717) is 6.54 Å². The van der Waals surface area contributed by atoms with Crippen LogP contribution in [0.25, 0.3) is 10.9 Å². The Morgan fingerprint density at radius 2 is 1.90 bits per heavy atom. The monoisotopic (exact) mass is 259 g/mol. The molecule has 20 heavy (non-hydrogen) atoms. The number of benzene rings is 1. The summed E-state index contributed by atoms with van der Waals surface area (Å²) >= 11 is 0. The smallest absolute Gasteiger partial charge is 0.176 e. The normalized spacial score (nSPS) is 10.1. The first-order chi connectivity index (χ1) is 9.83. The van der Waals surface area contributed by atoms with E-state index in [1.54, 1.807) is 10.8 Å². The second-order valence-corrected chi connectivity index (χ2v) is 4.28. The van der Waals surface area contributed by atoms with Crippen LogP contribution in [-0.2, 0) is 6.54 Å². The summed E-state index contributed by atoms with van der Waals surface area (Å²) in [7, 11) is 0. The molecule has 3 rings (SSSR count). The van der Waals surface area contributed by atoms with Gasteiger partial charge in [-0.15, -0.1) is 0 Å². The van der Waals surface area contributed by atoms with Crippen LogP contribution in [0.2, 0.25) is 0 Å². The molecule has 0 N–H and O–H groups in total. The number of nitriles is 2. The van der Waals surface area contributed by atoms with E-state index in [9.17, 15) is 0 Å². The second kappa shape index (κ2) is 4.83. The maximum absolute atomic E-state index is 9.14. The van der Waals surface area contributed by atoms with Gasteiger partial charge in [0, 0.05) is 11.6 Å². The maximum Gasteiger partial charge on any atom is 0.176 e. The summed E-state index contributed by atoms with van der Waals surface area (Å²) in [6.07, 6.45) is 3.26. The van der Waals surface area contributed by atoms with E-state index in [0.717, 1.165) is 16.5 Å². The predicted octanol–water partition coefficient (Wildman–Crippen LogP) is 2.22. The van der Waals surface area contributed by atoms with Crippen molar-refractivity contribution in [3.8, 4) is 12.1 Å². The average molecular weight is 259 g/mol. The van der Waals surface area contributed by atoms with Gasteiger partial charge in [-0.25, -0.2) is 4.98 Å². The van der Waals surface area contributed by atoms with Crippen molar-refractivity contribution in [3.05, 3.63) is 59.8 Å². The number of imidazole rings is 1. The number of para-hydroxylation sites is 1. The van der Waals surface area contributed by atoms with Gasteiger partial charge in [-0.3, -0.25) is 4.98 Å². The van der Waals surface area contributed by atoms with Crippen LogP contribution in [-0.4, -0.2) is 14.5 Å². The van der Waals surface area contributed by atoms with Gasteiger partial charge in [-0.05, 0) is 17.7 Å². The maximum atomic E-state index is 9.14. The fraction of sp³-hybridized carbons (Fsp3) is 0.0667. The largest absolute Gasteiger partial charge is 0.317 e. The Bertz CT molecular complexity index is 859. The molecule has 1 aromatic carbocycles. The Labute approximate surface area is 115 Å². The molecule has 0 saturated heterocycles. The molecule has 2 aromatic heterocycles. The topological polar surface area (TPSA) is 78.3 Å². The molecular weight excluding hydrogens is 250 g/mol. The molecule has 0 atom stereocenters. The van der Waals surface area contributed by atoms with Crippen molar-refractivity contribution in [1.29, 1.82) is 10.5 Å². The molecule has 0 fully saturated rings. The van der Waals surface area contributed by atoms with Crippen LogP contribution in [0.15, 0.2) is 42.9 Å². The van der Waals surface area contributed by atoms with Crippen LogP contribution in [0.1, 0.15) is 17.0 Å². The standard InChI is InChI=1S/C15H9N5/c16-7-14-15(8-17)20(10-19-14)9-11-5-6-18-13-4-2-1-3-12(11)13/h1-6,10H,9H2. The Morgan fingerprint density at radius 1 is 1.05 bits per heavy atom. The van der Waals surface area contributed by atoms with Crippen molar-refractivity contribution in [1.82, 2.24) is 14.5 Å². The Balaban J connectivity index is 2.09. The number of nitrogens with zero attached hydrogens (tertiary/aromatic N) is 5. The lowest BCUT2D eigenvalue weighted by Gasteiger charge is -2.07. The molecule has 2 heterocycles. The van der Waals surface area contributed by atoms with Gasteiger partial charge >= 0.3 is 0 Å². The van der Waals surface area contributed by atoms with Crippen molar-refractivity contribution >= 4 is 10.9 Å². The Morgan fingerprint density at radius 3 is 2.70 bits per heavy atom. The molecule has 0 aliphatic carbocycles. The molecule has 5 heteroatoms. The van der Waals surface area contributed by atoms with E-state index >= 15 is 0 Å². The molecular formula is C15H9N5. The molecule has 0 aliphatic heterocycles. The molecule has 0 aliphatic rings. The van der Waals surface area contributed by atoms with Gasteiger partial charge in [0.05, 0.1) is 18.4 Å². The number of fused-ring (bicyclic) bond motifs is 1. The van der Waals surface area contributed by atoms with Gasteiger partial charge in [-0.2, -0.15) is 10.5 Å². The number of rotatable bonds is 2. The third kappa shape index (κ3) is 1.88. The molecule has 5 nitrogen and oxygen atoms in total. The third-order valence-corrected chi connectivity index (χ3v) is 3.13. The van der Waals surface area contributed by atoms with Gasteiger partial charge in [0.1, 0.15) is 12.1 Å². The predicted molar refractivity (Wildman–Crippen MR) is 72.5 cm³/mol. The van der Waals surface area contributed by atoms with E-state index in [1.807, 2.05) is 42.5 Å². The minimum Gasteiger partial charge on any atom is -0.317 e. The Hall–Kier alpha value is -3.18. The lowest BCUT2D eigenvalue weighted by atomic mass is 10.1. The number of aromatic nitrogens is 3. The fourth-order valence-electron chi connectivity index (χ4n) is 2.18. The van der Waals surface area contributed by atoms with Crippen LogP contribution in [0.5, 0.6) is 0 Å². The van der Waals surface area contributed by atoms with Crippen LogP contribution in [0.4, 0.5) is 0 Å². The van der Waals surface area contributed by atoms with Crippen LogP contribution in [0.3, 0.4) is 0 Å². The first-order valence-electron chi connectivity index (χ1n) is 6.01. The number of pyridine rings is 1. The van der Waals surface area contributed by atoms with Crippen LogP contribution in [0, 0.1) is 22.7 Å². The lowest BCUT2D eigenvalue weighted by molar-refractivity contribution is 0.790. The van der Waals surface area contributed by atoms with Gasteiger partial charge in [-0.1, -0.05) is 18.2 Å². The van der Waals surface area contributed by atoms with Crippen molar-refractivity contribution in [2.75, 3.05) is 0 Å². The molecule has 0 spiro atoms. The second-order valence-electron chi connectivity index (χ2n) is 4.28. The Kier molecular flexibility index (Phi) is 2.87. The summed E-state index contributed by atoms with van der Waals surface area (Å²) < 4.78 is 1.68. The highest BCUT2D eigenvalue weighted by atomic mass is 15.1. The minimum atomic E-state index is 0.158. The van der Waals surface area contributed by atoms with Gasteiger partial charge < -0.3 is 4.57 Å². The zero-order valence-corrected chi connectivity index (χ0v) is 10.5. The number of hydrogen-bond acceptors (Lipinski definition) is 4.